The minimum atomic E-state index is 0. The van der Waals surface area contributed by atoms with Crippen molar-refractivity contribution in [2.45, 2.75) is 20.8 Å². The quantitative estimate of drug-likeness (QED) is 0.662. The normalized spacial score (nSPS) is 8.50. The predicted octanol–water partition coefficient (Wildman–Crippen LogP) is 3.37. The van der Waals surface area contributed by atoms with Gasteiger partial charge in [0.25, 0.3) is 0 Å². The maximum absolute atomic E-state index is 4.19. The summed E-state index contributed by atoms with van der Waals surface area (Å²) in [4.78, 5) is 4.19. The smallest absolute Gasteiger partial charge is 0.0209 e. The summed E-state index contributed by atoms with van der Waals surface area (Å²) in [7, 11) is 0. The Bertz CT molecular complexity index is 379. The third-order valence-corrected chi connectivity index (χ3v) is 1.81. The Labute approximate surface area is 111 Å². The number of aromatic nitrogens is 1. The van der Waals surface area contributed by atoms with Crippen molar-refractivity contribution < 1.29 is 32.7 Å². The van der Waals surface area contributed by atoms with Crippen LogP contribution in [0.1, 0.15) is 19.5 Å². The standard InChI is InChI=1S/C10H8N.C2H6.Y/c1-8-10-5-3-2-4-9(10)6-7-11-8;1-2;/h3-7H,1H3;1-2H3;/q-1;;. The molecule has 1 aromatic carbocycles. The average molecular weight is 261 g/mol. The maximum Gasteiger partial charge on any atom is 0.0209 e. The predicted molar refractivity (Wildman–Crippen MR) is 56.7 cm³/mol. The number of aryl methyl sites for hydroxylation is 1. The first-order valence-corrected chi connectivity index (χ1v) is 4.59. The van der Waals surface area contributed by atoms with Crippen LogP contribution in [0.15, 0.2) is 30.5 Å². The van der Waals surface area contributed by atoms with Crippen molar-refractivity contribution >= 4 is 10.8 Å². The van der Waals surface area contributed by atoms with Gasteiger partial charge in [0.2, 0.25) is 0 Å². The van der Waals surface area contributed by atoms with Gasteiger partial charge in [-0.25, -0.2) is 0 Å². The van der Waals surface area contributed by atoms with Crippen molar-refractivity contribution in [1.82, 2.24) is 4.98 Å². The van der Waals surface area contributed by atoms with E-state index in [0.717, 1.165) is 5.69 Å². The molecule has 0 fully saturated rings. The third-order valence-electron chi connectivity index (χ3n) is 1.81. The van der Waals surface area contributed by atoms with E-state index < -0.39 is 0 Å². The van der Waals surface area contributed by atoms with Crippen molar-refractivity contribution in [3.63, 3.8) is 0 Å². The van der Waals surface area contributed by atoms with Gasteiger partial charge in [-0.3, -0.25) is 4.98 Å². The fourth-order valence-corrected chi connectivity index (χ4v) is 1.21. The summed E-state index contributed by atoms with van der Waals surface area (Å²) in [6, 6.07) is 11.0. The zero-order chi connectivity index (χ0) is 9.68. The second-order valence-corrected chi connectivity index (χ2v) is 2.54. The van der Waals surface area contributed by atoms with Gasteiger partial charge >= 0.3 is 0 Å². The minimum absolute atomic E-state index is 0. The monoisotopic (exact) mass is 261 g/mol. The molecule has 0 aliphatic heterocycles. The molecule has 2 heteroatoms. The van der Waals surface area contributed by atoms with E-state index in [0.29, 0.717) is 0 Å². The molecule has 0 unspecified atom stereocenters. The van der Waals surface area contributed by atoms with Gasteiger partial charge in [0.15, 0.2) is 0 Å². The zero-order valence-corrected chi connectivity index (χ0v) is 11.7. The molecular formula is C12H14NY-. The summed E-state index contributed by atoms with van der Waals surface area (Å²) in [6.45, 7) is 6.02. The van der Waals surface area contributed by atoms with Crippen molar-refractivity contribution in [2.75, 3.05) is 0 Å². The van der Waals surface area contributed by atoms with Crippen LogP contribution in [-0.4, -0.2) is 4.98 Å². The van der Waals surface area contributed by atoms with Crippen LogP contribution in [0.4, 0.5) is 0 Å². The number of pyridine rings is 1. The topological polar surface area (TPSA) is 12.9 Å². The molecule has 14 heavy (non-hydrogen) atoms. The Balaban J connectivity index is 0.000000531. The number of hydrogen-bond donors (Lipinski definition) is 0. The molecule has 0 bridgehead atoms. The average Bonchev–Trinajstić information content (AvgIpc) is 2.22. The van der Waals surface area contributed by atoms with E-state index in [4.69, 9.17) is 0 Å². The van der Waals surface area contributed by atoms with Crippen molar-refractivity contribution in [2.24, 2.45) is 0 Å². The Morgan fingerprint density at radius 3 is 2.57 bits per heavy atom. The molecule has 71 valence electrons. The molecule has 1 aromatic heterocycles. The number of rotatable bonds is 0. The van der Waals surface area contributed by atoms with E-state index in [1.807, 2.05) is 51.2 Å². The van der Waals surface area contributed by atoms with Crippen molar-refractivity contribution in [3.8, 4) is 0 Å². The molecule has 0 atom stereocenters. The van der Waals surface area contributed by atoms with Crippen molar-refractivity contribution in [1.29, 1.82) is 0 Å². The summed E-state index contributed by atoms with van der Waals surface area (Å²) in [5.41, 5.74) is 1.08. The molecule has 1 heterocycles. The van der Waals surface area contributed by atoms with Crippen LogP contribution in [0.2, 0.25) is 0 Å². The van der Waals surface area contributed by atoms with Crippen LogP contribution in [0, 0.1) is 13.0 Å². The number of hydrogen-bond acceptors (Lipinski definition) is 1. The molecule has 0 amide bonds. The van der Waals surface area contributed by atoms with Crippen LogP contribution in [0.3, 0.4) is 0 Å². The van der Waals surface area contributed by atoms with Gasteiger partial charge in [0.1, 0.15) is 0 Å². The van der Waals surface area contributed by atoms with Crippen molar-refractivity contribution in [3.05, 3.63) is 42.2 Å². The zero-order valence-electron chi connectivity index (χ0n) is 8.91. The van der Waals surface area contributed by atoms with Crippen LogP contribution in [0.25, 0.3) is 10.8 Å². The van der Waals surface area contributed by atoms with Gasteiger partial charge in [-0.2, -0.15) is 24.3 Å². The molecule has 0 saturated heterocycles. The minimum Gasteiger partial charge on any atom is -0.264 e. The second kappa shape index (κ2) is 7.08. The molecule has 0 aliphatic rings. The van der Waals surface area contributed by atoms with Gasteiger partial charge in [-0.15, -0.1) is 10.8 Å². The van der Waals surface area contributed by atoms with Crippen LogP contribution < -0.4 is 0 Å². The molecular weight excluding hydrogens is 247 g/mol. The first kappa shape index (κ1) is 13.7. The molecule has 1 radical (unpaired) electrons. The van der Waals surface area contributed by atoms with E-state index >= 15 is 0 Å². The number of benzene rings is 1. The van der Waals surface area contributed by atoms with Gasteiger partial charge < -0.3 is 0 Å². The van der Waals surface area contributed by atoms with Gasteiger partial charge in [-0.05, 0) is 6.92 Å². The molecule has 0 saturated carbocycles. The third kappa shape index (κ3) is 3.14. The van der Waals surface area contributed by atoms with Gasteiger partial charge in [0, 0.05) is 44.6 Å². The van der Waals surface area contributed by atoms with Gasteiger partial charge in [-0.1, -0.05) is 19.9 Å². The Morgan fingerprint density at radius 2 is 1.93 bits per heavy atom. The summed E-state index contributed by atoms with van der Waals surface area (Å²) in [5.74, 6) is 0. The Morgan fingerprint density at radius 1 is 1.21 bits per heavy atom. The molecule has 1 nitrogen and oxygen atoms in total. The fourth-order valence-electron chi connectivity index (χ4n) is 1.21. The van der Waals surface area contributed by atoms with Crippen LogP contribution in [-0.2, 0) is 32.7 Å². The molecule has 0 aliphatic carbocycles. The molecule has 0 spiro atoms. The SMILES string of the molecule is CC.Cc1nccc2c[c-]ccc12.[Y]. The Hall–Kier alpha value is -0.266. The van der Waals surface area contributed by atoms with E-state index in [9.17, 15) is 0 Å². The first-order valence-electron chi connectivity index (χ1n) is 4.59. The summed E-state index contributed by atoms with van der Waals surface area (Å²) < 4.78 is 0. The molecule has 2 rings (SSSR count). The first-order chi connectivity index (χ1) is 6.38. The van der Waals surface area contributed by atoms with E-state index in [1.54, 1.807) is 0 Å². The summed E-state index contributed by atoms with van der Waals surface area (Å²) in [6.07, 6.45) is 1.82. The Kier molecular flexibility index (Phi) is 6.95. The van der Waals surface area contributed by atoms with Crippen LogP contribution >= 0.6 is 0 Å². The number of nitrogens with zero attached hydrogens (tertiary/aromatic N) is 1. The summed E-state index contributed by atoms with van der Waals surface area (Å²) in [5, 5.41) is 2.42. The largest absolute Gasteiger partial charge is 0.264 e. The fraction of sp³-hybridized carbons (Fsp3) is 0.250. The van der Waals surface area contributed by atoms with E-state index in [2.05, 4.69) is 11.1 Å². The summed E-state index contributed by atoms with van der Waals surface area (Å²) >= 11 is 0. The van der Waals surface area contributed by atoms with E-state index in [1.165, 1.54) is 10.8 Å². The van der Waals surface area contributed by atoms with Gasteiger partial charge in [0.05, 0.1) is 0 Å². The number of fused-ring (bicyclic) bond motifs is 1. The van der Waals surface area contributed by atoms with Crippen LogP contribution in [0.5, 0.6) is 0 Å². The molecule has 0 N–H and O–H groups in total. The second-order valence-electron chi connectivity index (χ2n) is 2.54. The maximum atomic E-state index is 4.19. The molecule has 2 aromatic rings. The van der Waals surface area contributed by atoms with E-state index in [-0.39, 0.29) is 32.7 Å².